The number of carbonyl (C=O) groups is 1. The van der Waals surface area contributed by atoms with Gasteiger partial charge in [0.1, 0.15) is 11.6 Å². The van der Waals surface area contributed by atoms with E-state index in [1.165, 1.54) is 5.56 Å². The van der Waals surface area contributed by atoms with Crippen molar-refractivity contribution in [3.8, 4) is 0 Å². The second-order valence-corrected chi connectivity index (χ2v) is 9.16. The number of carbonyl (C=O) groups excluding carboxylic acids is 1. The van der Waals surface area contributed by atoms with Gasteiger partial charge in [0.2, 0.25) is 5.91 Å². The van der Waals surface area contributed by atoms with Crippen LogP contribution in [-0.4, -0.2) is 45.4 Å². The Morgan fingerprint density at radius 1 is 1.03 bits per heavy atom. The standard InChI is InChI=1S/C27H31N5O/c1-20-24-13-8-16-32(19-23-12-5-6-14-28-23)27(24)30-26(29-20)22-11-7-15-31(18-22)25(33)17-21-9-3-2-4-10-21/h2-6,9-10,12,14,22H,7-8,11,13,15-19H2,1H3/t22-/m0/s1. The largest absolute Gasteiger partial charge is 0.350 e. The fourth-order valence-electron chi connectivity index (χ4n) is 5.03. The smallest absolute Gasteiger partial charge is 0.227 e. The summed E-state index contributed by atoms with van der Waals surface area (Å²) in [6.45, 7) is 5.36. The molecule has 5 rings (SSSR count). The van der Waals surface area contributed by atoms with Crippen LogP contribution < -0.4 is 4.90 Å². The van der Waals surface area contributed by atoms with E-state index in [1.54, 1.807) is 0 Å². The Morgan fingerprint density at radius 3 is 2.70 bits per heavy atom. The first kappa shape index (κ1) is 21.6. The van der Waals surface area contributed by atoms with Crippen LogP contribution in [0, 0.1) is 6.92 Å². The number of aryl methyl sites for hydroxylation is 1. The summed E-state index contributed by atoms with van der Waals surface area (Å²) in [7, 11) is 0. The number of amides is 1. The molecule has 1 saturated heterocycles. The van der Waals surface area contributed by atoms with E-state index in [4.69, 9.17) is 9.97 Å². The number of aromatic nitrogens is 3. The Bertz CT molecular complexity index is 1100. The average molecular weight is 442 g/mol. The first-order valence-corrected chi connectivity index (χ1v) is 12.0. The second kappa shape index (κ2) is 9.69. The quantitative estimate of drug-likeness (QED) is 0.597. The topological polar surface area (TPSA) is 62.2 Å². The predicted molar refractivity (Wildman–Crippen MR) is 129 cm³/mol. The summed E-state index contributed by atoms with van der Waals surface area (Å²) < 4.78 is 0. The average Bonchev–Trinajstić information content (AvgIpc) is 2.86. The molecule has 0 radical (unpaired) electrons. The molecule has 0 spiro atoms. The SMILES string of the molecule is Cc1nc([C@H]2CCCN(C(=O)Cc3ccccc3)C2)nc2c1CCCN2Cc1ccccn1. The minimum Gasteiger partial charge on any atom is -0.350 e. The fourth-order valence-corrected chi connectivity index (χ4v) is 5.03. The summed E-state index contributed by atoms with van der Waals surface area (Å²) in [6.07, 6.45) is 6.44. The monoisotopic (exact) mass is 441 g/mol. The number of fused-ring (bicyclic) bond motifs is 1. The van der Waals surface area contributed by atoms with Crippen LogP contribution in [0.1, 0.15) is 53.5 Å². The van der Waals surface area contributed by atoms with E-state index in [0.717, 1.165) is 73.9 Å². The summed E-state index contributed by atoms with van der Waals surface area (Å²) in [4.78, 5) is 31.9. The molecule has 3 aromatic rings. The molecule has 2 aliphatic rings. The number of benzene rings is 1. The molecule has 6 nitrogen and oxygen atoms in total. The third kappa shape index (κ3) is 4.90. The molecule has 2 aromatic heterocycles. The summed E-state index contributed by atoms with van der Waals surface area (Å²) in [5.74, 6) is 2.32. The highest BCUT2D eigenvalue weighted by Crippen LogP contribution is 2.32. The van der Waals surface area contributed by atoms with Crippen molar-refractivity contribution in [3.05, 3.63) is 83.1 Å². The zero-order chi connectivity index (χ0) is 22.6. The molecule has 0 bridgehead atoms. The number of pyridine rings is 1. The third-order valence-corrected chi connectivity index (χ3v) is 6.78. The van der Waals surface area contributed by atoms with Gasteiger partial charge in [-0.25, -0.2) is 9.97 Å². The number of rotatable bonds is 5. The Kier molecular flexibility index (Phi) is 6.33. The van der Waals surface area contributed by atoms with Crippen molar-refractivity contribution in [3.63, 3.8) is 0 Å². The molecule has 0 unspecified atom stereocenters. The Hall–Kier alpha value is -3.28. The first-order valence-electron chi connectivity index (χ1n) is 12.0. The molecular weight excluding hydrogens is 410 g/mol. The van der Waals surface area contributed by atoms with Gasteiger partial charge in [-0.15, -0.1) is 0 Å². The molecule has 1 amide bonds. The number of hydrogen-bond acceptors (Lipinski definition) is 5. The van der Waals surface area contributed by atoms with Gasteiger partial charge in [-0.1, -0.05) is 36.4 Å². The van der Waals surface area contributed by atoms with E-state index < -0.39 is 0 Å². The molecule has 6 heteroatoms. The lowest BCUT2D eigenvalue weighted by atomic mass is 9.95. The minimum atomic E-state index is 0.182. The minimum absolute atomic E-state index is 0.182. The van der Waals surface area contributed by atoms with Crippen LogP contribution in [0.2, 0.25) is 0 Å². The third-order valence-electron chi connectivity index (χ3n) is 6.78. The van der Waals surface area contributed by atoms with Crippen molar-refractivity contribution < 1.29 is 4.79 Å². The molecular formula is C27H31N5O. The highest BCUT2D eigenvalue weighted by atomic mass is 16.2. The van der Waals surface area contributed by atoms with Crippen molar-refractivity contribution in [2.45, 2.75) is 51.5 Å². The van der Waals surface area contributed by atoms with Gasteiger partial charge in [-0.3, -0.25) is 9.78 Å². The van der Waals surface area contributed by atoms with Crippen LogP contribution in [0.4, 0.5) is 5.82 Å². The number of nitrogens with zero attached hydrogens (tertiary/aromatic N) is 5. The second-order valence-electron chi connectivity index (χ2n) is 9.16. The van der Waals surface area contributed by atoms with Crippen molar-refractivity contribution in [1.29, 1.82) is 0 Å². The number of likely N-dealkylation sites (tertiary alicyclic amines) is 1. The fraction of sp³-hybridized carbons (Fsp3) is 0.407. The molecule has 0 saturated carbocycles. The molecule has 4 heterocycles. The first-order chi connectivity index (χ1) is 16.2. The van der Waals surface area contributed by atoms with Crippen molar-refractivity contribution in [2.24, 2.45) is 0 Å². The van der Waals surface area contributed by atoms with Gasteiger partial charge >= 0.3 is 0 Å². The Balaban J connectivity index is 1.35. The summed E-state index contributed by atoms with van der Waals surface area (Å²) in [5.41, 5.74) is 4.45. The Labute approximate surface area is 195 Å². The van der Waals surface area contributed by atoms with Gasteiger partial charge in [0, 0.05) is 43.0 Å². The maximum absolute atomic E-state index is 13.0. The molecule has 0 N–H and O–H groups in total. The van der Waals surface area contributed by atoms with E-state index in [-0.39, 0.29) is 11.8 Å². The van der Waals surface area contributed by atoms with Crippen LogP contribution in [0.3, 0.4) is 0 Å². The normalized spacial score (nSPS) is 18.2. The van der Waals surface area contributed by atoms with Gasteiger partial charge in [-0.2, -0.15) is 0 Å². The van der Waals surface area contributed by atoms with E-state index in [0.29, 0.717) is 13.0 Å². The van der Waals surface area contributed by atoms with Gasteiger partial charge in [-0.05, 0) is 50.3 Å². The van der Waals surface area contributed by atoms with Crippen LogP contribution >= 0.6 is 0 Å². The molecule has 1 fully saturated rings. The highest BCUT2D eigenvalue weighted by molar-refractivity contribution is 5.79. The van der Waals surface area contributed by atoms with Crippen molar-refractivity contribution in [2.75, 3.05) is 24.5 Å². The molecule has 2 aliphatic heterocycles. The van der Waals surface area contributed by atoms with Gasteiger partial charge in [0.25, 0.3) is 0 Å². The van der Waals surface area contributed by atoms with E-state index >= 15 is 0 Å². The zero-order valence-corrected chi connectivity index (χ0v) is 19.3. The van der Waals surface area contributed by atoms with E-state index in [9.17, 15) is 4.79 Å². The van der Waals surface area contributed by atoms with E-state index in [1.807, 2.05) is 53.6 Å². The van der Waals surface area contributed by atoms with Crippen LogP contribution in [0.5, 0.6) is 0 Å². The van der Waals surface area contributed by atoms with Crippen molar-refractivity contribution in [1.82, 2.24) is 19.9 Å². The Morgan fingerprint density at radius 2 is 1.88 bits per heavy atom. The summed E-state index contributed by atoms with van der Waals surface area (Å²) in [5, 5.41) is 0. The number of hydrogen-bond donors (Lipinski definition) is 0. The molecule has 33 heavy (non-hydrogen) atoms. The molecule has 1 atom stereocenters. The highest BCUT2D eigenvalue weighted by Gasteiger charge is 2.29. The molecule has 0 aliphatic carbocycles. The van der Waals surface area contributed by atoms with Crippen molar-refractivity contribution >= 4 is 11.7 Å². The van der Waals surface area contributed by atoms with Gasteiger partial charge in [0.15, 0.2) is 0 Å². The lowest BCUT2D eigenvalue weighted by Crippen LogP contribution is -2.40. The zero-order valence-electron chi connectivity index (χ0n) is 19.3. The lowest BCUT2D eigenvalue weighted by Gasteiger charge is -2.34. The molecule has 170 valence electrons. The number of piperidine rings is 1. The predicted octanol–water partition coefficient (Wildman–Crippen LogP) is 4.08. The number of anilines is 1. The maximum Gasteiger partial charge on any atom is 0.227 e. The van der Waals surface area contributed by atoms with Gasteiger partial charge in [0.05, 0.1) is 18.7 Å². The van der Waals surface area contributed by atoms with Crippen LogP contribution in [0.15, 0.2) is 54.7 Å². The lowest BCUT2D eigenvalue weighted by molar-refractivity contribution is -0.131. The van der Waals surface area contributed by atoms with Crippen LogP contribution in [0.25, 0.3) is 0 Å². The summed E-state index contributed by atoms with van der Waals surface area (Å²) >= 11 is 0. The van der Waals surface area contributed by atoms with E-state index in [2.05, 4.69) is 22.9 Å². The van der Waals surface area contributed by atoms with Crippen LogP contribution in [-0.2, 0) is 24.2 Å². The maximum atomic E-state index is 13.0. The summed E-state index contributed by atoms with van der Waals surface area (Å²) in [6, 6.07) is 16.1. The van der Waals surface area contributed by atoms with Gasteiger partial charge < -0.3 is 9.80 Å². The molecule has 1 aromatic carbocycles.